The van der Waals surface area contributed by atoms with Crippen LogP contribution >= 0.6 is 0 Å². The van der Waals surface area contributed by atoms with E-state index in [0.29, 0.717) is 12.1 Å². The number of fused-ring (bicyclic) bond motifs is 1. The van der Waals surface area contributed by atoms with E-state index in [1.54, 1.807) is 0 Å². The van der Waals surface area contributed by atoms with Crippen LogP contribution < -0.4 is 5.32 Å². The quantitative estimate of drug-likeness (QED) is 0.874. The van der Waals surface area contributed by atoms with Crippen molar-refractivity contribution in [3.05, 3.63) is 70.3 Å². The molecule has 0 bridgehead atoms. The minimum absolute atomic E-state index is 0.210. The van der Waals surface area contributed by atoms with Gasteiger partial charge in [-0.2, -0.15) is 0 Å². The standard InChI is InChI=1S/C19H21F2N/c1-13(22-12-17-11-18(20)7-8-19(17)21)9-14-5-6-15-3-2-4-16(15)10-14/h5-8,10-11,13,22H,2-4,9,12H2,1H3/t13-/m1/s1. The summed E-state index contributed by atoms with van der Waals surface area (Å²) >= 11 is 0. The van der Waals surface area contributed by atoms with Gasteiger partial charge < -0.3 is 5.32 Å². The Morgan fingerprint density at radius 3 is 2.73 bits per heavy atom. The lowest BCUT2D eigenvalue weighted by Gasteiger charge is -2.15. The zero-order chi connectivity index (χ0) is 15.5. The van der Waals surface area contributed by atoms with E-state index >= 15 is 0 Å². The Balaban J connectivity index is 1.58. The smallest absolute Gasteiger partial charge is 0.127 e. The molecule has 0 saturated carbocycles. The first-order chi connectivity index (χ1) is 10.6. The van der Waals surface area contributed by atoms with Gasteiger partial charge >= 0.3 is 0 Å². The van der Waals surface area contributed by atoms with Gasteiger partial charge in [0.15, 0.2) is 0 Å². The van der Waals surface area contributed by atoms with Crippen molar-refractivity contribution >= 4 is 0 Å². The van der Waals surface area contributed by atoms with Gasteiger partial charge in [0, 0.05) is 18.2 Å². The topological polar surface area (TPSA) is 12.0 Å². The van der Waals surface area contributed by atoms with Crippen LogP contribution in [0.25, 0.3) is 0 Å². The number of hydrogen-bond donors (Lipinski definition) is 1. The van der Waals surface area contributed by atoms with Gasteiger partial charge in [0.05, 0.1) is 0 Å². The molecule has 22 heavy (non-hydrogen) atoms. The summed E-state index contributed by atoms with van der Waals surface area (Å²) in [7, 11) is 0. The molecular weight excluding hydrogens is 280 g/mol. The normalized spacial score (nSPS) is 14.9. The van der Waals surface area contributed by atoms with E-state index in [1.165, 1.54) is 48.1 Å². The number of rotatable bonds is 5. The predicted molar refractivity (Wildman–Crippen MR) is 84.8 cm³/mol. The average Bonchev–Trinajstić information content (AvgIpc) is 2.96. The summed E-state index contributed by atoms with van der Waals surface area (Å²) in [6.45, 7) is 2.42. The molecule has 0 unspecified atom stereocenters. The molecule has 1 aliphatic carbocycles. The van der Waals surface area contributed by atoms with Crippen molar-refractivity contribution in [2.45, 2.75) is 45.2 Å². The number of benzene rings is 2. The fourth-order valence-electron chi connectivity index (χ4n) is 3.14. The molecule has 0 aromatic heterocycles. The largest absolute Gasteiger partial charge is 0.310 e. The Labute approximate surface area is 130 Å². The fraction of sp³-hybridized carbons (Fsp3) is 0.368. The first kappa shape index (κ1) is 15.2. The van der Waals surface area contributed by atoms with Crippen molar-refractivity contribution in [1.82, 2.24) is 5.32 Å². The molecule has 1 aliphatic rings. The summed E-state index contributed by atoms with van der Waals surface area (Å²) in [5.74, 6) is -0.761. The summed E-state index contributed by atoms with van der Waals surface area (Å²) in [6.07, 6.45) is 4.53. The Morgan fingerprint density at radius 1 is 1.05 bits per heavy atom. The Bertz CT molecular complexity index is 666. The van der Waals surface area contributed by atoms with Crippen molar-refractivity contribution in [2.24, 2.45) is 0 Å². The molecule has 0 amide bonds. The Morgan fingerprint density at radius 2 is 1.86 bits per heavy atom. The van der Waals surface area contributed by atoms with Gasteiger partial charge in [-0.3, -0.25) is 0 Å². The van der Waals surface area contributed by atoms with Crippen LogP contribution in [-0.4, -0.2) is 6.04 Å². The van der Waals surface area contributed by atoms with E-state index < -0.39 is 5.82 Å². The van der Waals surface area contributed by atoms with Crippen LogP contribution in [0.5, 0.6) is 0 Å². The molecule has 2 aromatic carbocycles. The minimum atomic E-state index is -0.399. The lowest BCUT2D eigenvalue weighted by molar-refractivity contribution is 0.519. The van der Waals surface area contributed by atoms with Crippen LogP contribution in [0.15, 0.2) is 36.4 Å². The van der Waals surface area contributed by atoms with Crippen molar-refractivity contribution < 1.29 is 8.78 Å². The van der Waals surface area contributed by atoms with Crippen LogP contribution in [0.1, 0.15) is 35.6 Å². The van der Waals surface area contributed by atoms with Gasteiger partial charge in [-0.15, -0.1) is 0 Å². The summed E-state index contributed by atoms with van der Waals surface area (Å²) in [4.78, 5) is 0. The van der Waals surface area contributed by atoms with E-state index in [4.69, 9.17) is 0 Å². The van der Waals surface area contributed by atoms with Crippen molar-refractivity contribution in [1.29, 1.82) is 0 Å². The molecular formula is C19H21F2N. The van der Waals surface area contributed by atoms with Gasteiger partial charge in [0.2, 0.25) is 0 Å². The van der Waals surface area contributed by atoms with Gasteiger partial charge in [0.1, 0.15) is 11.6 Å². The number of halogens is 2. The highest BCUT2D eigenvalue weighted by Crippen LogP contribution is 2.23. The van der Waals surface area contributed by atoms with E-state index in [0.717, 1.165) is 12.5 Å². The molecule has 116 valence electrons. The Hall–Kier alpha value is -1.74. The molecule has 1 atom stereocenters. The second-order valence-corrected chi connectivity index (χ2v) is 6.18. The summed E-state index contributed by atoms with van der Waals surface area (Å²) in [5, 5.41) is 3.28. The SMILES string of the molecule is C[C@H](Cc1ccc2c(c1)CCC2)NCc1cc(F)ccc1F. The zero-order valence-electron chi connectivity index (χ0n) is 12.8. The molecule has 3 rings (SSSR count). The molecule has 2 aromatic rings. The third-order valence-corrected chi connectivity index (χ3v) is 4.35. The summed E-state index contributed by atoms with van der Waals surface area (Å²) < 4.78 is 26.7. The predicted octanol–water partition coefficient (Wildman–Crippen LogP) is 4.17. The number of nitrogens with one attached hydrogen (secondary N) is 1. The highest BCUT2D eigenvalue weighted by atomic mass is 19.1. The molecule has 0 saturated heterocycles. The van der Waals surface area contributed by atoms with Crippen molar-refractivity contribution in [3.8, 4) is 0 Å². The van der Waals surface area contributed by atoms with Gasteiger partial charge in [-0.1, -0.05) is 18.2 Å². The van der Waals surface area contributed by atoms with Crippen LogP contribution in [0.2, 0.25) is 0 Å². The van der Waals surface area contributed by atoms with E-state index in [-0.39, 0.29) is 11.9 Å². The number of hydrogen-bond acceptors (Lipinski definition) is 1. The monoisotopic (exact) mass is 301 g/mol. The Kier molecular flexibility index (Phi) is 4.53. The second kappa shape index (κ2) is 6.57. The van der Waals surface area contributed by atoms with E-state index in [1.807, 2.05) is 0 Å². The van der Waals surface area contributed by atoms with Gasteiger partial charge in [0.25, 0.3) is 0 Å². The van der Waals surface area contributed by atoms with Crippen molar-refractivity contribution in [3.63, 3.8) is 0 Å². The highest BCUT2D eigenvalue weighted by molar-refractivity contribution is 5.35. The third kappa shape index (κ3) is 3.53. The van der Waals surface area contributed by atoms with Crippen LogP contribution in [0.3, 0.4) is 0 Å². The average molecular weight is 301 g/mol. The fourth-order valence-corrected chi connectivity index (χ4v) is 3.14. The number of aryl methyl sites for hydroxylation is 2. The third-order valence-electron chi connectivity index (χ3n) is 4.35. The molecule has 0 radical (unpaired) electrons. The molecule has 0 aliphatic heterocycles. The lowest BCUT2D eigenvalue weighted by atomic mass is 10.0. The molecule has 1 nitrogen and oxygen atoms in total. The van der Waals surface area contributed by atoms with E-state index in [2.05, 4.69) is 30.4 Å². The molecule has 0 spiro atoms. The van der Waals surface area contributed by atoms with Crippen LogP contribution in [0, 0.1) is 11.6 Å². The van der Waals surface area contributed by atoms with Crippen LogP contribution in [-0.2, 0) is 25.8 Å². The second-order valence-electron chi connectivity index (χ2n) is 6.18. The zero-order valence-corrected chi connectivity index (χ0v) is 12.8. The maximum atomic E-state index is 13.6. The lowest BCUT2D eigenvalue weighted by Crippen LogP contribution is -2.28. The molecule has 0 heterocycles. The van der Waals surface area contributed by atoms with Crippen molar-refractivity contribution in [2.75, 3.05) is 0 Å². The molecule has 3 heteroatoms. The summed E-state index contributed by atoms with van der Waals surface area (Å²) in [6, 6.07) is 10.5. The maximum absolute atomic E-state index is 13.6. The molecule has 1 N–H and O–H groups in total. The summed E-state index contributed by atoms with van der Waals surface area (Å²) in [5.41, 5.74) is 4.63. The first-order valence-corrected chi connectivity index (χ1v) is 7.90. The van der Waals surface area contributed by atoms with E-state index in [9.17, 15) is 8.78 Å². The maximum Gasteiger partial charge on any atom is 0.127 e. The van der Waals surface area contributed by atoms with Crippen LogP contribution in [0.4, 0.5) is 8.78 Å². The van der Waals surface area contributed by atoms with Gasteiger partial charge in [-0.25, -0.2) is 8.78 Å². The van der Waals surface area contributed by atoms with Gasteiger partial charge in [-0.05, 0) is 67.5 Å². The first-order valence-electron chi connectivity index (χ1n) is 7.90. The minimum Gasteiger partial charge on any atom is -0.310 e. The highest BCUT2D eigenvalue weighted by Gasteiger charge is 2.12. The molecule has 0 fully saturated rings.